The molecule has 1 N–H and O–H groups in total. The Bertz CT molecular complexity index is 1510. The summed E-state index contributed by atoms with van der Waals surface area (Å²) in [6, 6.07) is 25.1. The van der Waals surface area contributed by atoms with Gasteiger partial charge in [-0.1, -0.05) is 65.1 Å². The van der Waals surface area contributed by atoms with Crippen LogP contribution in [0.4, 0.5) is 5.69 Å². The average Bonchev–Trinajstić information content (AvgIpc) is 3.31. The van der Waals surface area contributed by atoms with Crippen LogP contribution in [0.25, 0.3) is 33.7 Å². The molecule has 0 atom stereocenters. The maximum atomic E-state index is 13.3. The van der Waals surface area contributed by atoms with Crippen molar-refractivity contribution in [1.29, 1.82) is 0 Å². The van der Waals surface area contributed by atoms with Gasteiger partial charge in [-0.15, -0.1) is 0 Å². The molecule has 0 spiro atoms. The van der Waals surface area contributed by atoms with E-state index in [0.717, 1.165) is 5.56 Å². The third-order valence-electron chi connectivity index (χ3n) is 5.14. The number of furan rings is 1. The smallest absolute Gasteiger partial charge is 0.256 e. The number of carbonyl (C=O) groups excluding carboxylic acids is 1. The number of amides is 1. The minimum absolute atomic E-state index is 0.336. The quantitative estimate of drug-likeness (QED) is 0.273. The van der Waals surface area contributed by atoms with Crippen molar-refractivity contribution >= 4 is 57.3 Å². The van der Waals surface area contributed by atoms with Gasteiger partial charge in [-0.05, 0) is 54.6 Å². The number of hydrogen-bond acceptors (Lipinski definition) is 3. The van der Waals surface area contributed by atoms with Gasteiger partial charge >= 0.3 is 0 Å². The highest BCUT2D eigenvalue weighted by Crippen LogP contribution is 2.34. The third-order valence-corrected chi connectivity index (χ3v) is 6.03. The number of halogens is 3. The van der Waals surface area contributed by atoms with Gasteiger partial charge in [0.05, 0.1) is 26.8 Å². The van der Waals surface area contributed by atoms with E-state index in [1.54, 1.807) is 30.3 Å². The summed E-state index contributed by atoms with van der Waals surface area (Å²) in [6.45, 7) is 0. The van der Waals surface area contributed by atoms with Crippen LogP contribution in [0.3, 0.4) is 0 Å². The molecule has 4 nitrogen and oxygen atoms in total. The molecule has 0 fully saturated rings. The Morgan fingerprint density at radius 1 is 0.788 bits per heavy atom. The minimum atomic E-state index is -0.336. The predicted octanol–water partition coefficient (Wildman–Crippen LogP) is 8.37. The molecule has 162 valence electrons. The van der Waals surface area contributed by atoms with Crippen LogP contribution in [0.15, 0.2) is 89.3 Å². The van der Waals surface area contributed by atoms with Crippen molar-refractivity contribution in [3.05, 3.63) is 106 Å². The first-order chi connectivity index (χ1) is 16.0. The molecule has 0 aliphatic rings. The third kappa shape index (κ3) is 4.33. The lowest BCUT2D eigenvalue weighted by Crippen LogP contribution is -2.13. The lowest BCUT2D eigenvalue weighted by atomic mass is 10.1. The fourth-order valence-corrected chi connectivity index (χ4v) is 4.12. The molecule has 7 heteroatoms. The van der Waals surface area contributed by atoms with Crippen molar-refractivity contribution in [2.24, 2.45) is 0 Å². The molecule has 0 saturated carbocycles. The maximum Gasteiger partial charge on any atom is 0.256 e. The zero-order chi connectivity index (χ0) is 22.9. The van der Waals surface area contributed by atoms with E-state index in [0.29, 0.717) is 54.4 Å². The monoisotopic (exact) mass is 492 g/mol. The highest BCUT2D eigenvalue weighted by molar-refractivity contribution is 6.36. The van der Waals surface area contributed by atoms with Crippen LogP contribution in [0.2, 0.25) is 15.1 Å². The summed E-state index contributed by atoms with van der Waals surface area (Å²) < 4.78 is 6.06. The summed E-state index contributed by atoms with van der Waals surface area (Å²) >= 11 is 18.6. The zero-order valence-corrected chi connectivity index (χ0v) is 19.2. The van der Waals surface area contributed by atoms with E-state index in [-0.39, 0.29) is 5.91 Å². The number of para-hydroxylation sites is 1. The first-order valence-electron chi connectivity index (χ1n) is 10.0. The van der Waals surface area contributed by atoms with E-state index >= 15 is 0 Å². The molecule has 2 heterocycles. The van der Waals surface area contributed by atoms with Gasteiger partial charge in [0.1, 0.15) is 11.5 Å². The first-order valence-corrected chi connectivity index (χ1v) is 11.1. The molecule has 0 aliphatic heterocycles. The van der Waals surface area contributed by atoms with Crippen LogP contribution < -0.4 is 5.32 Å². The van der Waals surface area contributed by atoms with E-state index < -0.39 is 0 Å². The lowest BCUT2D eigenvalue weighted by Gasteiger charge is -2.11. The summed E-state index contributed by atoms with van der Waals surface area (Å²) in [6.07, 6.45) is 0. The summed E-state index contributed by atoms with van der Waals surface area (Å²) in [5.41, 5.74) is 2.82. The number of nitrogens with zero attached hydrogens (tertiary/aromatic N) is 1. The Kier molecular flexibility index (Phi) is 5.81. The number of rotatable bonds is 4. The number of hydrogen-bond donors (Lipinski definition) is 1. The van der Waals surface area contributed by atoms with E-state index in [1.165, 1.54) is 0 Å². The van der Waals surface area contributed by atoms with Crippen LogP contribution in [0, 0.1) is 0 Å². The molecular weight excluding hydrogens is 479 g/mol. The highest BCUT2D eigenvalue weighted by atomic mass is 35.5. The van der Waals surface area contributed by atoms with Gasteiger partial charge in [0, 0.05) is 16.0 Å². The number of benzene rings is 3. The van der Waals surface area contributed by atoms with Gasteiger partial charge in [-0.2, -0.15) is 0 Å². The van der Waals surface area contributed by atoms with E-state index in [9.17, 15) is 4.79 Å². The Morgan fingerprint density at radius 3 is 2.39 bits per heavy atom. The van der Waals surface area contributed by atoms with E-state index in [1.807, 2.05) is 54.6 Å². The molecule has 2 aromatic heterocycles. The zero-order valence-electron chi connectivity index (χ0n) is 17.0. The van der Waals surface area contributed by atoms with Gasteiger partial charge < -0.3 is 9.73 Å². The molecule has 1 amide bonds. The molecule has 0 aliphatic carbocycles. The van der Waals surface area contributed by atoms with E-state index in [2.05, 4.69) is 5.32 Å². The summed E-state index contributed by atoms with van der Waals surface area (Å²) in [5.74, 6) is 0.796. The van der Waals surface area contributed by atoms with Gasteiger partial charge in [0.2, 0.25) is 0 Å². The Hall–Kier alpha value is -3.31. The molecule has 0 bridgehead atoms. The Labute approximate surface area is 204 Å². The molecule has 5 aromatic rings. The molecule has 0 unspecified atom stereocenters. The molecule has 0 radical (unpaired) electrons. The van der Waals surface area contributed by atoms with Crippen molar-refractivity contribution < 1.29 is 9.21 Å². The number of pyridine rings is 1. The highest BCUT2D eigenvalue weighted by Gasteiger charge is 2.17. The average molecular weight is 494 g/mol. The van der Waals surface area contributed by atoms with Gasteiger partial charge in [0.25, 0.3) is 5.91 Å². The first kappa shape index (κ1) is 21.5. The van der Waals surface area contributed by atoms with Crippen molar-refractivity contribution in [2.75, 3.05) is 5.32 Å². The molecule has 5 rings (SSSR count). The lowest BCUT2D eigenvalue weighted by molar-refractivity contribution is 0.102. The normalized spacial score (nSPS) is 11.0. The maximum absolute atomic E-state index is 13.3. The Balaban J connectivity index is 1.58. The summed E-state index contributed by atoms with van der Waals surface area (Å²) in [4.78, 5) is 18.0. The second-order valence-corrected chi connectivity index (χ2v) is 8.55. The largest absolute Gasteiger partial charge is 0.454 e. The number of aromatic nitrogens is 1. The molecular formula is C26H15Cl3N2O2. The van der Waals surface area contributed by atoms with E-state index in [4.69, 9.17) is 44.2 Å². The van der Waals surface area contributed by atoms with Crippen LogP contribution >= 0.6 is 34.8 Å². The number of anilines is 1. The standard InChI is InChI=1S/C26H15Cl3N2O2/c27-15-9-10-20(29)22(13-15)31-26(32)18-14-23(30-21-8-4-2-5-16(18)21)25-12-11-24(33-25)17-6-1-3-7-19(17)28/h1-14H,(H,31,32). The van der Waals surface area contributed by atoms with Crippen molar-refractivity contribution in [3.63, 3.8) is 0 Å². The fraction of sp³-hybridized carbons (Fsp3) is 0. The van der Waals surface area contributed by atoms with Gasteiger partial charge in [0.15, 0.2) is 5.76 Å². The van der Waals surface area contributed by atoms with Crippen molar-refractivity contribution in [3.8, 4) is 22.8 Å². The van der Waals surface area contributed by atoms with Gasteiger partial charge in [-0.3, -0.25) is 4.79 Å². The predicted molar refractivity (Wildman–Crippen MR) is 134 cm³/mol. The van der Waals surface area contributed by atoms with Crippen LogP contribution in [0.5, 0.6) is 0 Å². The molecule has 3 aromatic carbocycles. The summed E-state index contributed by atoms with van der Waals surface area (Å²) in [7, 11) is 0. The second kappa shape index (κ2) is 8.91. The van der Waals surface area contributed by atoms with Crippen LogP contribution in [-0.4, -0.2) is 10.9 Å². The number of carbonyl (C=O) groups is 1. The fourth-order valence-electron chi connectivity index (χ4n) is 3.55. The SMILES string of the molecule is O=C(Nc1cc(Cl)ccc1Cl)c1cc(-c2ccc(-c3ccccc3Cl)o2)nc2ccccc12. The topological polar surface area (TPSA) is 55.1 Å². The minimum Gasteiger partial charge on any atom is -0.454 e. The Morgan fingerprint density at radius 2 is 1.55 bits per heavy atom. The van der Waals surface area contributed by atoms with Crippen molar-refractivity contribution in [1.82, 2.24) is 4.98 Å². The molecule has 0 saturated heterocycles. The van der Waals surface area contributed by atoms with Crippen molar-refractivity contribution in [2.45, 2.75) is 0 Å². The number of fused-ring (bicyclic) bond motifs is 1. The van der Waals surface area contributed by atoms with Crippen LogP contribution in [-0.2, 0) is 0 Å². The number of nitrogens with one attached hydrogen (secondary N) is 1. The van der Waals surface area contributed by atoms with Gasteiger partial charge in [-0.25, -0.2) is 4.98 Å². The second-order valence-electron chi connectivity index (χ2n) is 7.29. The summed E-state index contributed by atoms with van der Waals surface area (Å²) in [5, 5.41) is 5.00. The molecule has 33 heavy (non-hydrogen) atoms. The van der Waals surface area contributed by atoms with Crippen LogP contribution in [0.1, 0.15) is 10.4 Å².